The number of guanidine groups is 1. The van der Waals surface area contributed by atoms with Gasteiger partial charge >= 0.3 is 6.18 Å². The average molecular weight is 486 g/mol. The summed E-state index contributed by atoms with van der Waals surface area (Å²) in [7, 11) is 3.39. The average Bonchev–Trinajstić information content (AvgIpc) is 2.54. The number of amides is 1. The molecular weight excluding hydrogens is 460 g/mol. The summed E-state index contributed by atoms with van der Waals surface area (Å²) >= 11 is 0. The number of carbonyl (C=O) groups excluding carboxylic acids is 1. The molecule has 148 valence electrons. The van der Waals surface area contributed by atoms with Crippen molar-refractivity contribution in [1.29, 1.82) is 0 Å². The van der Waals surface area contributed by atoms with Crippen LogP contribution < -0.4 is 10.6 Å². The number of halogens is 4. The van der Waals surface area contributed by atoms with Gasteiger partial charge in [0.1, 0.15) is 0 Å². The molecular formula is C17H26F3IN4O. The number of benzene rings is 1. The van der Waals surface area contributed by atoms with E-state index in [0.717, 1.165) is 17.7 Å². The van der Waals surface area contributed by atoms with Crippen molar-refractivity contribution >= 4 is 35.8 Å². The molecule has 0 radical (unpaired) electrons. The molecule has 5 nitrogen and oxygen atoms in total. The van der Waals surface area contributed by atoms with Crippen molar-refractivity contribution in [2.24, 2.45) is 4.99 Å². The lowest BCUT2D eigenvalue weighted by atomic mass is 10.1. The predicted octanol–water partition coefficient (Wildman–Crippen LogP) is 2.90. The molecule has 0 atom stereocenters. The molecule has 0 aliphatic carbocycles. The van der Waals surface area contributed by atoms with Gasteiger partial charge in [-0.3, -0.25) is 9.79 Å². The van der Waals surface area contributed by atoms with Crippen LogP contribution in [0.15, 0.2) is 29.3 Å². The van der Waals surface area contributed by atoms with Crippen LogP contribution in [-0.4, -0.2) is 50.5 Å². The highest BCUT2D eigenvalue weighted by molar-refractivity contribution is 14.0. The fourth-order valence-corrected chi connectivity index (χ4v) is 2.01. The molecule has 1 aromatic carbocycles. The van der Waals surface area contributed by atoms with Crippen LogP contribution in [0.2, 0.25) is 0 Å². The molecule has 1 amide bonds. The maximum atomic E-state index is 12.5. The fraction of sp³-hybridized carbons (Fsp3) is 0.529. The van der Waals surface area contributed by atoms with Crippen molar-refractivity contribution in [2.75, 3.05) is 33.7 Å². The fourth-order valence-electron chi connectivity index (χ4n) is 2.01. The topological polar surface area (TPSA) is 56.7 Å². The van der Waals surface area contributed by atoms with Gasteiger partial charge in [0.25, 0.3) is 0 Å². The molecule has 0 heterocycles. The number of nitrogens with one attached hydrogen (secondary N) is 2. The molecule has 26 heavy (non-hydrogen) atoms. The first kappa shape index (κ1) is 24.5. The van der Waals surface area contributed by atoms with Crippen LogP contribution in [0.1, 0.15) is 24.5 Å². The van der Waals surface area contributed by atoms with Crippen molar-refractivity contribution in [3.63, 3.8) is 0 Å². The normalized spacial score (nSPS) is 11.5. The van der Waals surface area contributed by atoms with E-state index in [2.05, 4.69) is 15.6 Å². The first-order valence-electron chi connectivity index (χ1n) is 8.12. The monoisotopic (exact) mass is 486 g/mol. The number of alkyl halides is 3. The lowest BCUT2D eigenvalue weighted by molar-refractivity contribution is -0.137. The van der Waals surface area contributed by atoms with Crippen molar-refractivity contribution in [3.05, 3.63) is 35.4 Å². The Labute approximate surface area is 169 Å². The van der Waals surface area contributed by atoms with Crippen molar-refractivity contribution in [3.8, 4) is 0 Å². The second-order valence-electron chi connectivity index (χ2n) is 5.67. The smallest absolute Gasteiger partial charge is 0.357 e. The summed E-state index contributed by atoms with van der Waals surface area (Å²) < 4.78 is 37.6. The minimum Gasteiger partial charge on any atom is -0.357 e. The molecule has 9 heteroatoms. The van der Waals surface area contributed by atoms with Gasteiger partial charge in [0, 0.05) is 33.6 Å². The molecule has 0 saturated heterocycles. The van der Waals surface area contributed by atoms with Gasteiger partial charge in [0.2, 0.25) is 5.91 Å². The lowest BCUT2D eigenvalue weighted by Crippen LogP contribution is -2.38. The van der Waals surface area contributed by atoms with Crippen LogP contribution in [0.4, 0.5) is 13.2 Å². The van der Waals surface area contributed by atoms with Gasteiger partial charge in [-0.2, -0.15) is 13.2 Å². The summed E-state index contributed by atoms with van der Waals surface area (Å²) in [5.74, 6) is 0.588. The highest BCUT2D eigenvalue weighted by Crippen LogP contribution is 2.29. The first-order valence-corrected chi connectivity index (χ1v) is 8.12. The van der Waals surface area contributed by atoms with Gasteiger partial charge in [-0.1, -0.05) is 12.1 Å². The van der Waals surface area contributed by atoms with Gasteiger partial charge in [0.15, 0.2) is 5.96 Å². The molecule has 0 bridgehead atoms. The zero-order valence-electron chi connectivity index (χ0n) is 15.2. The third-order valence-electron chi connectivity index (χ3n) is 3.43. The molecule has 0 spiro atoms. The number of nitrogens with zero attached hydrogens (tertiary/aromatic N) is 2. The lowest BCUT2D eigenvalue weighted by Gasteiger charge is -2.12. The van der Waals surface area contributed by atoms with Gasteiger partial charge in [-0.15, -0.1) is 24.0 Å². The summed E-state index contributed by atoms with van der Waals surface area (Å²) in [6.45, 7) is 3.50. The van der Waals surface area contributed by atoms with E-state index < -0.39 is 11.7 Å². The van der Waals surface area contributed by atoms with E-state index in [9.17, 15) is 18.0 Å². The molecule has 0 aliphatic rings. The Morgan fingerprint density at radius 3 is 2.27 bits per heavy atom. The van der Waals surface area contributed by atoms with E-state index in [1.54, 1.807) is 14.1 Å². The maximum Gasteiger partial charge on any atom is 0.416 e. The first-order chi connectivity index (χ1) is 11.7. The van der Waals surface area contributed by atoms with E-state index in [0.29, 0.717) is 38.4 Å². The molecule has 2 N–H and O–H groups in total. The molecule has 0 aromatic heterocycles. The molecule has 1 rings (SSSR count). The zero-order chi connectivity index (χ0) is 18.9. The van der Waals surface area contributed by atoms with Crippen LogP contribution in [0.25, 0.3) is 0 Å². The Balaban J connectivity index is 0.00000625. The molecule has 0 aliphatic heterocycles. The minimum absolute atomic E-state index is 0. The van der Waals surface area contributed by atoms with Gasteiger partial charge in [-0.05, 0) is 31.0 Å². The SMILES string of the molecule is CCNC(=NCCC(=O)N(C)C)NCCc1ccc(C(F)(F)F)cc1.I. The third-order valence-corrected chi connectivity index (χ3v) is 3.43. The Morgan fingerprint density at radius 2 is 1.77 bits per heavy atom. The van der Waals surface area contributed by atoms with Gasteiger partial charge in [0.05, 0.1) is 12.1 Å². The Morgan fingerprint density at radius 1 is 1.15 bits per heavy atom. The summed E-state index contributed by atoms with van der Waals surface area (Å²) in [6, 6.07) is 5.12. The number of hydrogen-bond acceptors (Lipinski definition) is 2. The van der Waals surface area contributed by atoms with Crippen LogP contribution in [-0.2, 0) is 17.4 Å². The van der Waals surface area contributed by atoms with Gasteiger partial charge < -0.3 is 15.5 Å². The minimum atomic E-state index is -4.31. The quantitative estimate of drug-likeness (QED) is 0.354. The van der Waals surface area contributed by atoms with Crippen LogP contribution in [0, 0.1) is 0 Å². The van der Waals surface area contributed by atoms with Crippen molar-refractivity contribution < 1.29 is 18.0 Å². The standard InChI is InChI=1S/C17H25F3N4O.HI/c1-4-21-16(23-12-10-15(25)24(2)3)22-11-9-13-5-7-14(8-6-13)17(18,19)20;/h5-8H,4,9-12H2,1-3H3,(H2,21,22,23);1H. The van der Waals surface area contributed by atoms with E-state index in [-0.39, 0.29) is 29.9 Å². The van der Waals surface area contributed by atoms with Gasteiger partial charge in [-0.25, -0.2) is 0 Å². The predicted molar refractivity (Wildman–Crippen MR) is 108 cm³/mol. The Bertz CT molecular complexity index is 574. The van der Waals surface area contributed by atoms with E-state index in [4.69, 9.17) is 0 Å². The zero-order valence-corrected chi connectivity index (χ0v) is 17.5. The summed E-state index contributed by atoms with van der Waals surface area (Å²) in [5, 5.41) is 6.17. The van der Waals surface area contributed by atoms with Crippen LogP contribution in [0.5, 0.6) is 0 Å². The Hall–Kier alpha value is -1.52. The number of hydrogen-bond donors (Lipinski definition) is 2. The van der Waals surface area contributed by atoms with E-state index in [1.165, 1.54) is 17.0 Å². The van der Waals surface area contributed by atoms with Crippen LogP contribution in [0.3, 0.4) is 0 Å². The maximum absolute atomic E-state index is 12.5. The third kappa shape index (κ3) is 9.25. The largest absolute Gasteiger partial charge is 0.416 e. The molecule has 0 unspecified atom stereocenters. The van der Waals surface area contributed by atoms with Crippen molar-refractivity contribution in [2.45, 2.75) is 25.9 Å². The number of aliphatic imine (C=N–C) groups is 1. The number of rotatable bonds is 7. The van der Waals surface area contributed by atoms with E-state index in [1.807, 2.05) is 6.92 Å². The summed E-state index contributed by atoms with van der Waals surface area (Å²) in [4.78, 5) is 17.3. The second kappa shape index (κ2) is 12.0. The van der Waals surface area contributed by atoms with E-state index >= 15 is 0 Å². The molecule has 0 fully saturated rings. The Kier molecular flexibility index (Phi) is 11.3. The van der Waals surface area contributed by atoms with Crippen LogP contribution >= 0.6 is 24.0 Å². The summed E-state index contributed by atoms with van der Waals surface area (Å²) in [6.07, 6.45) is -3.42. The summed E-state index contributed by atoms with van der Waals surface area (Å²) in [5.41, 5.74) is 0.156. The highest BCUT2D eigenvalue weighted by atomic mass is 127. The molecule has 0 saturated carbocycles. The number of carbonyl (C=O) groups is 1. The second-order valence-corrected chi connectivity index (χ2v) is 5.67. The van der Waals surface area contributed by atoms with Crippen molar-refractivity contribution in [1.82, 2.24) is 15.5 Å². The highest BCUT2D eigenvalue weighted by Gasteiger charge is 2.29. The molecule has 1 aromatic rings.